The Labute approximate surface area is 174 Å². The summed E-state index contributed by atoms with van der Waals surface area (Å²) in [5.41, 5.74) is 1.22. The first-order chi connectivity index (χ1) is 13.3. The zero-order valence-electron chi connectivity index (χ0n) is 15.8. The minimum absolute atomic E-state index is 0.0275. The molecule has 6 nitrogen and oxygen atoms in total. The monoisotopic (exact) mass is 466 g/mol. The lowest BCUT2D eigenvalue weighted by Gasteiger charge is -2.19. The third kappa shape index (κ3) is 4.39. The molecule has 150 valence electrons. The summed E-state index contributed by atoms with van der Waals surface area (Å²) in [4.78, 5) is 12.8. The van der Waals surface area contributed by atoms with E-state index in [-0.39, 0.29) is 28.2 Å². The fourth-order valence-corrected chi connectivity index (χ4v) is 5.34. The van der Waals surface area contributed by atoms with Gasteiger partial charge in [-0.05, 0) is 55.7 Å². The molecule has 2 aromatic carbocycles. The summed E-state index contributed by atoms with van der Waals surface area (Å²) in [5, 5.41) is 2.92. The highest BCUT2D eigenvalue weighted by atomic mass is 79.9. The second-order valence-corrected chi connectivity index (χ2v) is 9.55. The number of amides is 1. The SMILES string of the molecule is COc1ccc(C(=O)N[C@@H](C)c2cccc(Br)c2)cc1S(=O)(=O)N1CCCC1. The highest BCUT2D eigenvalue weighted by Crippen LogP contribution is 2.30. The van der Waals surface area contributed by atoms with Crippen LogP contribution in [0.3, 0.4) is 0 Å². The van der Waals surface area contributed by atoms with Crippen LogP contribution in [-0.4, -0.2) is 38.8 Å². The van der Waals surface area contributed by atoms with Crippen molar-refractivity contribution in [2.24, 2.45) is 0 Å². The highest BCUT2D eigenvalue weighted by molar-refractivity contribution is 9.10. The van der Waals surface area contributed by atoms with Gasteiger partial charge in [0.15, 0.2) is 0 Å². The minimum atomic E-state index is -3.70. The molecule has 0 aromatic heterocycles. The van der Waals surface area contributed by atoms with Crippen molar-refractivity contribution in [2.75, 3.05) is 20.2 Å². The number of nitrogens with zero attached hydrogens (tertiary/aromatic N) is 1. The van der Waals surface area contributed by atoms with Crippen molar-refractivity contribution in [2.45, 2.75) is 30.7 Å². The van der Waals surface area contributed by atoms with E-state index in [0.29, 0.717) is 13.1 Å². The van der Waals surface area contributed by atoms with Crippen molar-refractivity contribution in [1.29, 1.82) is 0 Å². The quantitative estimate of drug-likeness (QED) is 0.703. The highest BCUT2D eigenvalue weighted by Gasteiger charge is 2.30. The van der Waals surface area contributed by atoms with Crippen molar-refractivity contribution < 1.29 is 17.9 Å². The first-order valence-electron chi connectivity index (χ1n) is 9.07. The zero-order chi connectivity index (χ0) is 20.3. The first-order valence-corrected chi connectivity index (χ1v) is 11.3. The van der Waals surface area contributed by atoms with Crippen LogP contribution in [0.1, 0.15) is 41.7 Å². The molecule has 1 heterocycles. The largest absolute Gasteiger partial charge is 0.495 e. The number of halogens is 1. The minimum Gasteiger partial charge on any atom is -0.495 e. The fraction of sp³-hybridized carbons (Fsp3) is 0.350. The van der Waals surface area contributed by atoms with E-state index >= 15 is 0 Å². The molecule has 0 spiro atoms. The normalized spacial score (nSPS) is 16.0. The number of sulfonamides is 1. The molecule has 2 aromatic rings. The average Bonchev–Trinajstić information content (AvgIpc) is 3.23. The molecule has 1 saturated heterocycles. The molecule has 0 aliphatic carbocycles. The van der Waals surface area contributed by atoms with Gasteiger partial charge >= 0.3 is 0 Å². The fourth-order valence-electron chi connectivity index (χ4n) is 3.23. The van der Waals surface area contributed by atoms with Crippen LogP contribution in [0.2, 0.25) is 0 Å². The van der Waals surface area contributed by atoms with Crippen molar-refractivity contribution in [3.05, 3.63) is 58.1 Å². The molecular formula is C20H23BrN2O4S. The maximum atomic E-state index is 13.0. The Morgan fingerprint density at radius 3 is 2.54 bits per heavy atom. The summed E-state index contributed by atoms with van der Waals surface area (Å²) in [6.07, 6.45) is 1.68. The molecule has 0 unspecified atom stereocenters. The van der Waals surface area contributed by atoms with Gasteiger partial charge in [-0.3, -0.25) is 4.79 Å². The molecule has 28 heavy (non-hydrogen) atoms. The molecular weight excluding hydrogens is 444 g/mol. The van der Waals surface area contributed by atoms with Crippen molar-refractivity contribution in [3.63, 3.8) is 0 Å². The Balaban J connectivity index is 1.87. The van der Waals surface area contributed by atoms with E-state index in [1.807, 2.05) is 31.2 Å². The van der Waals surface area contributed by atoms with E-state index in [1.165, 1.54) is 23.5 Å². The predicted octanol–water partition coefficient (Wildman–Crippen LogP) is 3.73. The van der Waals surface area contributed by atoms with Gasteiger partial charge in [0.2, 0.25) is 10.0 Å². The number of nitrogens with one attached hydrogen (secondary N) is 1. The zero-order valence-corrected chi connectivity index (χ0v) is 18.2. The third-order valence-electron chi connectivity index (χ3n) is 4.80. The smallest absolute Gasteiger partial charge is 0.251 e. The number of hydrogen-bond acceptors (Lipinski definition) is 4. The number of methoxy groups -OCH3 is 1. The molecule has 0 bridgehead atoms. The molecule has 3 rings (SSSR count). The third-order valence-corrected chi connectivity index (χ3v) is 7.22. The van der Waals surface area contributed by atoms with Gasteiger partial charge in [0.05, 0.1) is 13.2 Å². The molecule has 1 N–H and O–H groups in total. The van der Waals surface area contributed by atoms with E-state index in [1.54, 1.807) is 6.07 Å². The molecule has 1 aliphatic heterocycles. The summed E-state index contributed by atoms with van der Waals surface area (Å²) in [6, 6.07) is 11.9. The summed E-state index contributed by atoms with van der Waals surface area (Å²) >= 11 is 3.42. The summed E-state index contributed by atoms with van der Waals surface area (Å²) in [7, 11) is -2.28. The Morgan fingerprint density at radius 1 is 1.18 bits per heavy atom. The van der Waals surface area contributed by atoms with Crippen LogP contribution < -0.4 is 10.1 Å². The van der Waals surface area contributed by atoms with Crippen molar-refractivity contribution in [1.82, 2.24) is 9.62 Å². The Kier molecular flexibility index (Phi) is 6.42. The van der Waals surface area contributed by atoms with Gasteiger partial charge in [-0.2, -0.15) is 4.31 Å². The summed E-state index contributed by atoms with van der Waals surface area (Å²) in [6.45, 7) is 2.86. The molecule has 0 radical (unpaired) electrons. The van der Waals surface area contributed by atoms with E-state index in [0.717, 1.165) is 22.9 Å². The molecule has 1 fully saturated rings. The molecule has 8 heteroatoms. The van der Waals surface area contributed by atoms with Gasteiger partial charge in [0.25, 0.3) is 5.91 Å². The molecule has 1 aliphatic rings. The van der Waals surface area contributed by atoms with Crippen LogP contribution in [0, 0.1) is 0 Å². The number of carbonyl (C=O) groups excluding carboxylic acids is 1. The van der Waals surface area contributed by atoms with Crippen LogP contribution in [0.4, 0.5) is 0 Å². The number of hydrogen-bond donors (Lipinski definition) is 1. The van der Waals surface area contributed by atoms with Gasteiger partial charge in [-0.25, -0.2) is 8.42 Å². The lowest BCUT2D eigenvalue weighted by atomic mass is 10.1. The van der Waals surface area contributed by atoms with Gasteiger partial charge in [0, 0.05) is 23.1 Å². The predicted molar refractivity (Wildman–Crippen MR) is 111 cm³/mol. The topological polar surface area (TPSA) is 75.7 Å². The van der Waals surface area contributed by atoms with Gasteiger partial charge < -0.3 is 10.1 Å². The summed E-state index contributed by atoms with van der Waals surface area (Å²) < 4.78 is 33.6. The van der Waals surface area contributed by atoms with Gasteiger partial charge in [-0.15, -0.1) is 0 Å². The number of ether oxygens (including phenoxy) is 1. The maximum Gasteiger partial charge on any atom is 0.251 e. The van der Waals surface area contributed by atoms with Crippen LogP contribution in [0.5, 0.6) is 5.75 Å². The lowest BCUT2D eigenvalue weighted by Crippen LogP contribution is -2.29. The lowest BCUT2D eigenvalue weighted by molar-refractivity contribution is 0.0939. The van der Waals surface area contributed by atoms with Crippen LogP contribution in [0.15, 0.2) is 51.8 Å². The Hall–Kier alpha value is -1.90. The van der Waals surface area contributed by atoms with E-state index in [9.17, 15) is 13.2 Å². The Bertz CT molecular complexity index is 972. The van der Waals surface area contributed by atoms with E-state index in [4.69, 9.17) is 4.74 Å². The van der Waals surface area contributed by atoms with Crippen LogP contribution in [-0.2, 0) is 10.0 Å². The number of rotatable bonds is 6. The van der Waals surface area contributed by atoms with Gasteiger partial charge in [0.1, 0.15) is 10.6 Å². The molecule has 1 amide bonds. The van der Waals surface area contributed by atoms with Crippen molar-refractivity contribution in [3.8, 4) is 5.75 Å². The average molecular weight is 467 g/mol. The maximum absolute atomic E-state index is 13.0. The Morgan fingerprint density at radius 2 is 1.89 bits per heavy atom. The standard InChI is InChI=1S/C20H23BrN2O4S/c1-14(15-6-5-7-17(21)12-15)22-20(24)16-8-9-18(27-2)19(13-16)28(25,26)23-10-3-4-11-23/h5-9,12-14H,3-4,10-11H2,1-2H3,(H,22,24)/t14-/m0/s1. The van der Waals surface area contributed by atoms with Crippen molar-refractivity contribution >= 4 is 31.9 Å². The van der Waals surface area contributed by atoms with Gasteiger partial charge in [-0.1, -0.05) is 28.1 Å². The molecule has 0 saturated carbocycles. The second-order valence-electron chi connectivity index (χ2n) is 6.73. The first kappa shape index (κ1) is 20.8. The van der Waals surface area contributed by atoms with Crippen LogP contribution in [0.25, 0.3) is 0 Å². The second kappa shape index (κ2) is 8.63. The van der Waals surface area contributed by atoms with E-state index < -0.39 is 10.0 Å². The summed E-state index contributed by atoms with van der Waals surface area (Å²) in [5.74, 6) is -0.100. The number of benzene rings is 2. The molecule has 1 atom stereocenters. The van der Waals surface area contributed by atoms with Crippen LogP contribution >= 0.6 is 15.9 Å². The van der Waals surface area contributed by atoms with E-state index in [2.05, 4.69) is 21.2 Å². The number of carbonyl (C=O) groups is 1.